The van der Waals surface area contributed by atoms with Crippen LogP contribution in [0, 0.1) is 31.3 Å². The number of rotatable bonds is 4. The van der Waals surface area contributed by atoms with Crippen molar-refractivity contribution in [2.24, 2.45) is 0 Å². The third-order valence-corrected chi connectivity index (χ3v) is 5.11. The Morgan fingerprint density at radius 1 is 1.19 bits per heavy atom. The van der Waals surface area contributed by atoms with Gasteiger partial charge in [0.15, 0.2) is 17.5 Å². The number of thiophene rings is 1. The molecule has 2 heterocycles. The fourth-order valence-corrected chi connectivity index (χ4v) is 3.55. The molecule has 1 aromatic carbocycles. The maximum atomic E-state index is 13.7. The highest BCUT2D eigenvalue weighted by Gasteiger charge is 2.19. The second-order valence-corrected chi connectivity index (χ2v) is 6.99. The third kappa shape index (κ3) is 3.22. The molecule has 0 aliphatic carbocycles. The van der Waals surface area contributed by atoms with Gasteiger partial charge in [0.25, 0.3) is 0 Å². The first-order valence-corrected chi connectivity index (χ1v) is 8.46. The standard InChI is InChI=1S/C17H15F3N4OS/c1-8-9(2)26-17-13(8)16(21-7-22-17)24(3)6-12(25)23-11-5-4-10(18)14(19)15(11)20/h4-5,7H,6H2,1-3H3,(H,23,25). The van der Waals surface area contributed by atoms with E-state index in [-0.39, 0.29) is 6.54 Å². The van der Waals surface area contributed by atoms with Crippen molar-refractivity contribution in [2.75, 3.05) is 23.8 Å². The first-order valence-electron chi connectivity index (χ1n) is 7.64. The molecule has 0 saturated heterocycles. The zero-order chi connectivity index (χ0) is 19.0. The van der Waals surface area contributed by atoms with Crippen LogP contribution in [0.1, 0.15) is 10.4 Å². The summed E-state index contributed by atoms with van der Waals surface area (Å²) in [6.07, 6.45) is 1.41. The number of likely N-dealkylation sites (N-methyl/N-ethyl adjacent to an activating group) is 1. The zero-order valence-electron chi connectivity index (χ0n) is 14.2. The summed E-state index contributed by atoms with van der Waals surface area (Å²) in [6.45, 7) is 3.77. The lowest BCUT2D eigenvalue weighted by molar-refractivity contribution is -0.114. The number of carbonyl (C=O) groups is 1. The van der Waals surface area contributed by atoms with E-state index in [0.29, 0.717) is 5.82 Å². The molecule has 0 bridgehead atoms. The molecule has 0 aliphatic rings. The Balaban J connectivity index is 1.81. The molecule has 2 aromatic heterocycles. The summed E-state index contributed by atoms with van der Waals surface area (Å²) in [5, 5.41) is 3.09. The number of hydrogen-bond donors (Lipinski definition) is 1. The minimum atomic E-state index is -1.63. The van der Waals surface area contributed by atoms with Gasteiger partial charge in [0, 0.05) is 11.9 Å². The molecule has 26 heavy (non-hydrogen) atoms. The maximum Gasteiger partial charge on any atom is 0.244 e. The van der Waals surface area contributed by atoms with E-state index in [1.165, 1.54) is 17.7 Å². The van der Waals surface area contributed by atoms with Crippen LogP contribution >= 0.6 is 11.3 Å². The Hall–Kier alpha value is -2.68. The minimum Gasteiger partial charge on any atom is -0.350 e. The van der Waals surface area contributed by atoms with E-state index in [0.717, 1.165) is 32.8 Å². The molecular formula is C17H15F3N4OS. The number of benzene rings is 1. The van der Waals surface area contributed by atoms with Gasteiger partial charge in [-0.15, -0.1) is 11.3 Å². The van der Waals surface area contributed by atoms with E-state index in [2.05, 4.69) is 15.3 Å². The minimum absolute atomic E-state index is 0.154. The smallest absolute Gasteiger partial charge is 0.244 e. The predicted octanol–water partition coefficient (Wildman–Crippen LogP) is 3.80. The summed E-state index contributed by atoms with van der Waals surface area (Å²) >= 11 is 1.53. The fraction of sp³-hybridized carbons (Fsp3) is 0.235. The molecule has 0 spiro atoms. The lowest BCUT2D eigenvalue weighted by atomic mass is 10.2. The largest absolute Gasteiger partial charge is 0.350 e. The summed E-state index contributed by atoms with van der Waals surface area (Å²) in [7, 11) is 1.66. The highest BCUT2D eigenvalue weighted by Crippen LogP contribution is 2.33. The monoisotopic (exact) mass is 380 g/mol. The summed E-state index contributed by atoms with van der Waals surface area (Å²) in [6, 6.07) is 1.73. The summed E-state index contributed by atoms with van der Waals surface area (Å²) in [5.41, 5.74) is 0.609. The normalized spacial score (nSPS) is 11.0. The van der Waals surface area contributed by atoms with E-state index >= 15 is 0 Å². The summed E-state index contributed by atoms with van der Waals surface area (Å²) in [4.78, 5) is 24.2. The molecular weight excluding hydrogens is 365 g/mol. The van der Waals surface area contributed by atoms with Crippen LogP contribution in [0.25, 0.3) is 10.2 Å². The second kappa shape index (κ2) is 6.91. The lowest BCUT2D eigenvalue weighted by Crippen LogP contribution is -2.31. The molecule has 1 amide bonds. The van der Waals surface area contributed by atoms with Crippen molar-refractivity contribution < 1.29 is 18.0 Å². The van der Waals surface area contributed by atoms with Gasteiger partial charge in [-0.05, 0) is 31.5 Å². The van der Waals surface area contributed by atoms with Crippen molar-refractivity contribution in [1.82, 2.24) is 9.97 Å². The maximum absolute atomic E-state index is 13.7. The lowest BCUT2D eigenvalue weighted by Gasteiger charge is -2.19. The third-order valence-electron chi connectivity index (χ3n) is 4.00. The first kappa shape index (κ1) is 18.1. The van der Waals surface area contributed by atoms with Crippen molar-refractivity contribution in [3.63, 3.8) is 0 Å². The van der Waals surface area contributed by atoms with Crippen LogP contribution in [0.15, 0.2) is 18.5 Å². The molecule has 0 unspecified atom stereocenters. The quantitative estimate of drug-likeness (QED) is 0.700. The van der Waals surface area contributed by atoms with Gasteiger partial charge in [-0.3, -0.25) is 4.79 Å². The van der Waals surface area contributed by atoms with Crippen LogP contribution in [0.2, 0.25) is 0 Å². The van der Waals surface area contributed by atoms with E-state index in [4.69, 9.17) is 0 Å². The van der Waals surface area contributed by atoms with Crippen LogP contribution in [0.4, 0.5) is 24.7 Å². The van der Waals surface area contributed by atoms with Crippen LogP contribution < -0.4 is 10.2 Å². The molecule has 5 nitrogen and oxygen atoms in total. The number of hydrogen-bond acceptors (Lipinski definition) is 5. The Bertz CT molecular complexity index is 1010. The predicted molar refractivity (Wildman–Crippen MR) is 95.1 cm³/mol. The van der Waals surface area contributed by atoms with E-state index in [1.807, 2.05) is 13.8 Å². The number of anilines is 2. The van der Waals surface area contributed by atoms with Gasteiger partial charge in [-0.2, -0.15) is 0 Å². The number of nitrogens with one attached hydrogen (secondary N) is 1. The molecule has 136 valence electrons. The van der Waals surface area contributed by atoms with Crippen LogP contribution in [-0.2, 0) is 4.79 Å². The van der Waals surface area contributed by atoms with Gasteiger partial charge in [0.2, 0.25) is 5.91 Å². The van der Waals surface area contributed by atoms with E-state index < -0.39 is 29.0 Å². The number of amides is 1. The van der Waals surface area contributed by atoms with Crippen molar-refractivity contribution in [3.05, 3.63) is 46.4 Å². The number of halogens is 3. The Morgan fingerprint density at radius 3 is 2.65 bits per heavy atom. The molecule has 9 heteroatoms. The molecule has 3 rings (SSSR count). The van der Waals surface area contributed by atoms with Crippen molar-refractivity contribution in [3.8, 4) is 0 Å². The zero-order valence-corrected chi connectivity index (χ0v) is 15.0. The molecule has 0 radical (unpaired) electrons. The summed E-state index contributed by atoms with van der Waals surface area (Å²) < 4.78 is 39.9. The van der Waals surface area contributed by atoms with Crippen LogP contribution in [-0.4, -0.2) is 29.5 Å². The number of nitrogens with zero attached hydrogens (tertiary/aromatic N) is 3. The van der Waals surface area contributed by atoms with Crippen molar-refractivity contribution in [2.45, 2.75) is 13.8 Å². The second-order valence-electron chi connectivity index (χ2n) is 5.79. The molecule has 0 fully saturated rings. The Kier molecular flexibility index (Phi) is 4.82. The van der Waals surface area contributed by atoms with Gasteiger partial charge >= 0.3 is 0 Å². The molecule has 1 N–H and O–H groups in total. The Morgan fingerprint density at radius 2 is 1.92 bits per heavy atom. The van der Waals surface area contributed by atoms with E-state index in [9.17, 15) is 18.0 Å². The molecule has 0 atom stereocenters. The summed E-state index contributed by atoms with van der Waals surface area (Å²) in [5.74, 6) is -4.40. The average Bonchev–Trinajstić information content (AvgIpc) is 2.90. The van der Waals surface area contributed by atoms with Gasteiger partial charge in [0.1, 0.15) is 17.0 Å². The fourth-order valence-electron chi connectivity index (χ4n) is 2.56. The number of aromatic nitrogens is 2. The first-order chi connectivity index (χ1) is 12.3. The molecule has 0 saturated carbocycles. The van der Waals surface area contributed by atoms with Crippen molar-refractivity contribution >= 4 is 39.0 Å². The average molecular weight is 380 g/mol. The van der Waals surface area contributed by atoms with Gasteiger partial charge in [-0.1, -0.05) is 0 Å². The topological polar surface area (TPSA) is 58.1 Å². The highest BCUT2D eigenvalue weighted by molar-refractivity contribution is 7.18. The van der Waals surface area contributed by atoms with Gasteiger partial charge in [-0.25, -0.2) is 23.1 Å². The van der Waals surface area contributed by atoms with Gasteiger partial charge < -0.3 is 10.2 Å². The Labute approximate surface area is 151 Å². The van der Waals surface area contributed by atoms with Crippen LogP contribution in [0.3, 0.4) is 0 Å². The number of carbonyl (C=O) groups excluding carboxylic acids is 1. The highest BCUT2D eigenvalue weighted by atomic mass is 32.1. The number of aryl methyl sites for hydroxylation is 2. The molecule has 0 aliphatic heterocycles. The van der Waals surface area contributed by atoms with Gasteiger partial charge in [0.05, 0.1) is 17.6 Å². The number of fused-ring (bicyclic) bond motifs is 1. The SMILES string of the molecule is Cc1sc2ncnc(N(C)CC(=O)Nc3ccc(F)c(F)c3F)c2c1C. The molecule has 3 aromatic rings. The van der Waals surface area contributed by atoms with Crippen LogP contribution in [0.5, 0.6) is 0 Å². The van der Waals surface area contributed by atoms with Crippen molar-refractivity contribution in [1.29, 1.82) is 0 Å². The van der Waals surface area contributed by atoms with E-state index in [1.54, 1.807) is 11.9 Å².